The van der Waals surface area contributed by atoms with Gasteiger partial charge in [-0.15, -0.1) is 0 Å². The second-order valence-corrected chi connectivity index (χ2v) is 6.76. The SMILES string of the molecule is CC(Oc1ccc(O)cc1)C(=O)NC1CCN(C(=O)C(Cl)Cl)CC1. The van der Waals surface area contributed by atoms with Crippen LogP contribution in [-0.2, 0) is 9.59 Å². The summed E-state index contributed by atoms with van der Waals surface area (Å²) in [5.41, 5.74) is 0. The second kappa shape index (κ2) is 8.44. The number of hydrogen-bond donors (Lipinski definition) is 2. The number of likely N-dealkylation sites (tertiary alicyclic amines) is 1. The van der Waals surface area contributed by atoms with E-state index < -0.39 is 10.9 Å². The number of rotatable bonds is 5. The van der Waals surface area contributed by atoms with Gasteiger partial charge in [-0.1, -0.05) is 23.2 Å². The highest BCUT2D eigenvalue weighted by Gasteiger charge is 2.27. The molecule has 1 aliphatic rings. The van der Waals surface area contributed by atoms with Crippen molar-refractivity contribution in [2.24, 2.45) is 0 Å². The molecule has 0 spiro atoms. The molecule has 1 aliphatic heterocycles. The van der Waals surface area contributed by atoms with Crippen molar-refractivity contribution >= 4 is 35.0 Å². The van der Waals surface area contributed by atoms with E-state index >= 15 is 0 Å². The molecule has 1 aromatic rings. The monoisotopic (exact) mass is 374 g/mol. The number of phenols is 1. The van der Waals surface area contributed by atoms with Crippen LogP contribution in [0.15, 0.2) is 24.3 Å². The summed E-state index contributed by atoms with van der Waals surface area (Å²) in [4.78, 5) is 24.5. The minimum atomic E-state index is -1.05. The number of benzene rings is 1. The molecule has 0 aliphatic carbocycles. The lowest BCUT2D eigenvalue weighted by atomic mass is 10.0. The Morgan fingerprint density at radius 3 is 2.38 bits per heavy atom. The predicted molar refractivity (Wildman–Crippen MR) is 91.4 cm³/mol. The molecule has 2 N–H and O–H groups in total. The third kappa shape index (κ3) is 5.18. The summed E-state index contributed by atoms with van der Waals surface area (Å²) < 4.78 is 5.54. The summed E-state index contributed by atoms with van der Waals surface area (Å²) in [7, 11) is 0. The zero-order chi connectivity index (χ0) is 17.7. The van der Waals surface area contributed by atoms with E-state index in [0.29, 0.717) is 31.7 Å². The molecule has 1 unspecified atom stereocenters. The highest BCUT2D eigenvalue weighted by Crippen LogP contribution is 2.18. The van der Waals surface area contributed by atoms with E-state index in [-0.39, 0.29) is 23.6 Å². The van der Waals surface area contributed by atoms with Gasteiger partial charge in [-0.2, -0.15) is 0 Å². The first-order valence-corrected chi connectivity index (χ1v) is 8.57. The average Bonchev–Trinajstić information content (AvgIpc) is 2.56. The number of hydrogen-bond acceptors (Lipinski definition) is 4. The Kier molecular flexibility index (Phi) is 6.57. The van der Waals surface area contributed by atoms with Crippen molar-refractivity contribution in [1.29, 1.82) is 0 Å². The van der Waals surface area contributed by atoms with Crippen molar-refractivity contribution in [2.75, 3.05) is 13.1 Å². The Labute approximate surface area is 150 Å². The maximum absolute atomic E-state index is 12.2. The van der Waals surface area contributed by atoms with Gasteiger partial charge >= 0.3 is 0 Å². The van der Waals surface area contributed by atoms with E-state index in [4.69, 9.17) is 27.9 Å². The van der Waals surface area contributed by atoms with Crippen LogP contribution < -0.4 is 10.1 Å². The van der Waals surface area contributed by atoms with E-state index in [1.54, 1.807) is 24.0 Å². The standard InChI is InChI=1S/C16H20Cl2N2O4/c1-10(24-13-4-2-12(21)3-5-13)15(22)19-11-6-8-20(9-7-11)16(23)14(17)18/h2-5,10-11,14,21H,6-9H2,1H3,(H,19,22). The van der Waals surface area contributed by atoms with Crippen molar-refractivity contribution in [3.05, 3.63) is 24.3 Å². The number of amides is 2. The van der Waals surface area contributed by atoms with E-state index in [0.717, 1.165) is 0 Å². The number of alkyl halides is 2. The number of nitrogens with zero attached hydrogens (tertiary/aromatic N) is 1. The van der Waals surface area contributed by atoms with Crippen molar-refractivity contribution < 1.29 is 19.4 Å². The third-order valence-electron chi connectivity index (χ3n) is 3.86. The van der Waals surface area contributed by atoms with Gasteiger partial charge in [0.05, 0.1) is 0 Å². The Balaban J connectivity index is 1.78. The van der Waals surface area contributed by atoms with Crippen LogP contribution in [0.4, 0.5) is 0 Å². The fourth-order valence-electron chi connectivity index (χ4n) is 2.48. The lowest BCUT2D eigenvalue weighted by Crippen LogP contribution is -2.50. The van der Waals surface area contributed by atoms with Crippen LogP contribution in [0.25, 0.3) is 0 Å². The first-order valence-electron chi connectivity index (χ1n) is 7.70. The third-order valence-corrected chi connectivity index (χ3v) is 4.23. The lowest BCUT2D eigenvalue weighted by molar-refractivity contribution is -0.131. The number of aromatic hydroxyl groups is 1. The summed E-state index contributed by atoms with van der Waals surface area (Å²) in [6.45, 7) is 2.67. The minimum Gasteiger partial charge on any atom is -0.508 e. The molecule has 0 saturated carbocycles. The molecule has 24 heavy (non-hydrogen) atoms. The van der Waals surface area contributed by atoms with Crippen molar-refractivity contribution in [2.45, 2.75) is 36.7 Å². The van der Waals surface area contributed by atoms with Gasteiger partial charge in [0.2, 0.25) is 0 Å². The maximum atomic E-state index is 12.2. The van der Waals surface area contributed by atoms with E-state index in [9.17, 15) is 14.7 Å². The molecular formula is C16H20Cl2N2O4. The Morgan fingerprint density at radius 1 is 1.25 bits per heavy atom. The molecule has 1 fully saturated rings. The zero-order valence-electron chi connectivity index (χ0n) is 13.2. The number of carbonyl (C=O) groups excluding carboxylic acids is 2. The van der Waals surface area contributed by atoms with Crippen LogP contribution in [0, 0.1) is 0 Å². The van der Waals surface area contributed by atoms with Gasteiger partial charge in [0.25, 0.3) is 11.8 Å². The van der Waals surface area contributed by atoms with Crippen LogP contribution in [0.3, 0.4) is 0 Å². The first-order chi connectivity index (χ1) is 11.4. The molecule has 0 bridgehead atoms. The van der Waals surface area contributed by atoms with Crippen molar-refractivity contribution in [3.8, 4) is 11.5 Å². The van der Waals surface area contributed by atoms with Gasteiger partial charge in [-0.25, -0.2) is 0 Å². The largest absolute Gasteiger partial charge is 0.508 e. The van der Waals surface area contributed by atoms with E-state index in [1.807, 2.05) is 0 Å². The molecule has 0 radical (unpaired) electrons. The molecule has 6 nitrogen and oxygen atoms in total. The summed E-state index contributed by atoms with van der Waals surface area (Å²) in [6, 6.07) is 6.16. The highest BCUT2D eigenvalue weighted by atomic mass is 35.5. The maximum Gasteiger partial charge on any atom is 0.260 e. The molecule has 132 valence electrons. The number of halogens is 2. The Hall–Kier alpha value is -1.66. The Bertz CT molecular complexity index is 572. The van der Waals surface area contributed by atoms with Gasteiger partial charge in [-0.05, 0) is 44.0 Å². The second-order valence-electron chi connectivity index (χ2n) is 5.66. The molecule has 1 heterocycles. The lowest BCUT2D eigenvalue weighted by Gasteiger charge is -2.33. The highest BCUT2D eigenvalue weighted by molar-refractivity contribution is 6.53. The molecule has 2 rings (SSSR count). The molecule has 2 amide bonds. The zero-order valence-corrected chi connectivity index (χ0v) is 14.8. The van der Waals surface area contributed by atoms with Gasteiger partial charge in [0, 0.05) is 19.1 Å². The van der Waals surface area contributed by atoms with E-state index in [2.05, 4.69) is 5.32 Å². The summed E-state index contributed by atoms with van der Waals surface area (Å²) in [6.07, 6.45) is 0.623. The van der Waals surface area contributed by atoms with Crippen LogP contribution in [0.1, 0.15) is 19.8 Å². The van der Waals surface area contributed by atoms with E-state index in [1.165, 1.54) is 12.1 Å². The fraction of sp³-hybridized carbons (Fsp3) is 0.500. The van der Waals surface area contributed by atoms with Gasteiger partial charge in [-0.3, -0.25) is 9.59 Å². The molecular weight excluding hydrogens is 355 g/mol. The quantitative estimate of drug-likeness (QED) is 0.773. The number of nitrogens with one attached hydrogen (secondary N) is 1. The van der Waals surface area contributed by atoms with Crippen molar-refractivity contribution in [1.82, 2.24) is 10.2 Å². The smallest absolute Gasteiger partial charge is 0.260 e. The number of ether oxygens (including phenoxy) is 1. The van der Waals surface area contributed by atoms with Crippen LogP contribution in [0.5, 0.6) is 11.5 Å². The minimum absolute atomic E-state index is 0.0171. The van der Waals surface area contributed by atoms with Crippen molar-refractivity contribution in [3.63, 3.8) is 0 Å². The van der Waals surface area contributed by atoms with Gasteiger partial charge in [0.15, 0.2) is 10.9 Å². The topological polar surface area (TPSA) is 78.9 Å². The number of phenolic OH excluding ortho intramolecular Hbond substituents is 1. The first kappa shape index (κ1) is 18.7. The average molecular weight is 375 g/mol. The fourth-order valence-corrected chi connectivity index (χ4v) is 2.76. The normalized spacial score (nSPS) is 16.8. The van der Waals surface area contributed by atoms with Crippen LogP contribution >= 0.6 is 23.2 Å². The number of carbonyl (C=O) groups is 2. The Morgan fingerprint density at radius 2 is 1.83 bits per heavy atom. The summed E-state index contributed by atoms with van der Waals surface area (Å²) in [5.74, 6) is 0.121. The molecule has 8 heteroatoms. The van der Waals surface area contributed by atoms with Gasteiger partial charge in [0.1, 0.15) is 11.5 Å². The molecule has 0 aromatic heterocycles. The molecule has 1 atom stereocenters. The summed E-state index contributed by atoms with van der Waals surface area (Å²) in [5, 5.41) is 12.2. The van der Waals surface area contributed by atoms with Crippen LogP contribution in [0.2, 0.25) is 0 Å². The predicted octanol–water partition coefficient (Wildman–Crippen LogP) is 2.07. The van der Waals surface area contributed by atoms with Gasteiger partial charge < -0.3 is 20.1 Å². The van der Waals surface area contributed by atoms with Crippen LogP contribution in [-0.4, -0.2) is 51.9 Å². The number of piperidine rings is 1. The summed E-state index contributed by atoms with van der Waals surface area (Å²) >= 11 is 11.2. The molecule has 1 saturated heterocycles. The molecule has 1 aromatic carbocycles.